The molecule has 1 N–H and O–H groups in total. The van der Waals surface area contributed by atoms with Crippen LogP contribution in [0.4, 0.5) is 0 Å². The molecule has 0 aromatic carbocycles. The molecule has 0 aromatic rings. The van der Waals surface area contributed by atoms with Crippen molar-refractivity contribution in [3.8, 4) is 0 Å². The van der Waals surface area contributed by atoms with Crippen LogP contribution in [0.3, 0.4) is 0 Å². The van der Waals surface area contributed by atoms with Gasteiger partial charge < -0.3 is 4.90 Å². The molecule has 5 heteroatoms. The SMILES string of the molecule is O=S(O)OCCN1CCCC1. The molecule has 1 unspecified atom stereocenters. The molecule has 0 bridgehead atoms. The first-order valence-electron chi connectivity index (χ1n) is 3.75. The van der Waals surface area contributed by atoms with E-state index in [0.717, 1.165) is 19.6 Å². The molecule has 0 saturated carbocycles. The van der Waals surface area contributed by atoms with Crippen molar-refractivity contribution in [1.82, 2.24) is 4.90 Å². The maximum atomic E-state index is 10.0. The van der Waals surface area contributed by atoms with Gasteiger partial charge in [0.25, 0.3) is 0 Å². The van der Waals surface area contributed by atoms with Crippen LogP contribution in [0, 0.1) is 0 Å². The fraction of sp³-hybridized carbons (Fsp3) is 1.00. The van der Waals surface area contributed by atoms with E-state index >= 15 is 0 Å². The van der Waals surface area contributed by atoms with Crippen LogP contribution in [0.25, 0.3) is 0 Å². The highest BCUT2D eigenvalue weighted by atomic mass is 32.2. The van der Waals surface area contributed by atoms with Crippen LogP contribution in [-0.4, -0.2) is 39.9 Å². The van der Waals surface area contributed by atoms with Crippen LogP contribution >= 0.6 is 0 Å². The maximum Gasteiger partial charge on any atom is 0.301 e. The molecule has 0 aliphatic carbocycles. The average molecular weight is 179 g/mol. The smallest absolute Gasteiger partial charge is 0.301 e. The summed E-state index contributed by atoms with van der Waals surface area (Å²) in [7, 11) is 0. The highest BCUT2D eigenvalue weighted by Gasteiger charge is 2.10. The molecule has 1 saturated heterocycles. The summed E-state index contributed by atoms with van der Waals surface area (Å²) in [4.78, 5) is 2.23. The lowest BCUT2D eigenvalue weighted by Gasteiger charge is -2.12. The molecule has 1 heterocycles. The van der Waals surface area contributed by atoms with Gasteiger partial charge in [-0.05, 0) is 25.9 Å². The quantitative estimate of drug-likeness (QED) is 0.628. The Balaban J connectivity index is 1.98. The monoisotopic (exact) mass is 179 g/mol. The standard InChI is InChI=1S/C6H13NO3S/c8-11(9)10-6-5-7-3-1-2-4-7/h1-6H2,(H,8,9). The molecule has 11 heavy (non-hydrogen) atoms. The molecule has 1 atom stereocenters. The van der Waals surface area contributed by atoms with Crippen LogP contribution in [-0.2, 0) is 15.5 Å². The van der Waals surface area contributed by atoms with E-state index in [1.807, 2.05) is 0 Å². The van der Waals surface area contributed by atoms with Crippen molar-refractivity contribution in [2.45, 2.75) is 12.8 Å². The predicted molar refractivity (Wildman–Crippen MR) is 42.4 cm³/mol. The van der Waals surface area contributed by atoms with E-state index in [1.54, 1.807) is 0 Å². The van der Waals surface area contributed by atoms with E-state index in [4.69, 9.17) is 4.55 Å². The van der Waals surface area contributed by atoms with Gasteiger partial charge in [-0.1, -0.05) is 0 Å². The lowest BCUT2D eigenvalue weighted by Crippen LogP contribution is -2.24. The fourth-order valence-electron chi connectivity index (χ4n) is 1.24. The van der Waals surface area contributed by atoms with Gasteiger partial charge in [-0.3, -0.25) is 8.74 Å². The molecular weight excluding hydrogens is 166 g/mol. The van der Waals surface area contributed by atoms with Crippen LogP contribution in [0.15, 0.2) is 0 Å². The Morgan fingerprint density at radius 3 is 2.64 bits per heavy atom. The second-order valence-electron chi connectivity index (χ2n) is 2.59. The summed E-state index contributed by atoms with van der Waals surface area (Å²) in [6.45, 7) is 3.32. The zero-order valence-corrected chi connectivity index (χ0v) is 7.18. The third kappa shape index (κ3) is 3.81. The summed E-state index contributed by atoms with van der Waals surface area (Å²) in [5.74, 6) is 0. The van der Waals surface area contributed by atoms with Crippen LogP contribution in [0.2, 0.25) is 0 Å². The van der Waals surface area contributed by atoms with E-state index in [-0.39, 0.29) is 0 Å². The molecular formula is C6H13NO3S. The van der Waals surface area contributed by atoms with Crippen LogP contribution in [0.5, 0.6) is 0 Å². The Morgan fingerprint density at radius 1 is 1.45 bits per heavy atom. The van der Waals surface area contributed by atoms with E-state index < -0.39 is 11.4 Å². The fourth-order valence-corrected chi connectivity index (χ4v) is 1.46. The second-order valence-corrected chi connectivity index (χ2v) is 3.26. The minimum Gasteiger partial charge on any atom is -0.301 e. The minimum atomic E-state index is -2.09. The lowest BCUT2D eigenvalue weighted by molar-refractivity contribution is 0.237. The summed E-state index contributed by atoms with van der Waals surface area (Å²) in [5.41, 5.74) is 0. The van der Waals surface area contributed by atoms with Gasteiger partial charge in [-0.2, -0.15) is 4.21 Å². The highest BCUT2D eigenvalue weighted by molar-refractivity contribution is 7.74. The molecule has 1 fully saturated rings. The Bertz CT molecular complexity index is 136. The zero-order chi connectivity index (χ0) is 8.10. The number of hydrogen-bond acceptors (Lipinski definition) is 3. The Morgan fingerprint density at radius 2 is 2.09 bits per heavy atom. The minimum absolute atomic E-state index is 0.350. The maximum absolute atomic E-state index is 10.0. The summed E-state index contributed by atoms with van der Waals surface area (Å²) < 4.78 is 22.8. The van der Waals surface area contributed by atoms with Gasteiger partial charge in [0.2, 0.25) is 0 Å². The first kappa shape index (κ1) is 9.12. The molecule has 0 spiro atoms. The van der Waals surface area contributed by atoms with Gasteiger partial charge in [0.1, 0.15) is 0 Å². The van der Waals surface area contributed by atoms with E-state index in [1.165, 1.54) is 12.8 Å². The van der Waals surface area contributed by atoms with Crippen LogP contribution in [0.1, 0.15) is 12.8 Å². The van der Waals surface area contributed by atoms with Gasteiger partial charge in [0, 0.05) is 6.54 Å². The largest absolute Gasteiger partial charge is 0.301 e. The predicted octanol–water partition coefficient (Wildman–Crippen LogP) is 0.236. The van der Waals surface area contributed by atoms with Gasteiger partial charge in [0.15, 0.2) is 0 Å². The zero-order valence-electron chi connectivity index (χ0n) is 6.36. The Labute approximate surface area is 69.0 Å². The molecule has 0 aromatic heterocycles. The van der Waals surface area contributed by atoms with Crippen molar-refractivity contribution in [2.24, 2.45) is 0 Å². The van der Waals surface area contributed by atoms with Crippen molar-refractivity contribution in [3.63, 3.8) is 0 Å². The highest BCUT2D eigenvalue weighted by Crippen LogP contribution is 2.05. The normalized spacial score (nSPS) is 22.3. The summed E-state index contributed by atoms with van der Waals surface area (Å²) in [5, 5.41) is 0. The van der Waals surface area contributed by atoms with Gasteiger partial charge in [0.05, 0.1) is 6.61 Å². The van der Waals surface area contributed by atoms with Gasteiger partial charge in [-0.15, -0.1) is 0 Å². The van der Waals surface area contributed by atoms with Crippen molar-refractivity contribution < 1.29 is 12.9 Å². The van der Waals surface area contributed by atoms with E-state index in [2.05, 4.69) is 9.08 Å². The first-order valence-corrected chi connectivity index (χ1v) is 4.79. The Kier molecular flexibility index (Phi) is 3.99. The number of hydrogen-bond donors (Lipinski definition) is 1. The summed E-state index contributed by atoms with van der Waals surface area (Å²) in [6.07, 6.45) is 2.48. The Hall–Kier alpha value is 0.0300. The molecule has 66 valence electrons. The average Bonchev–Trinajstić information content (AvgIpc) is 2.39. The number of likely N-dealkylation sites (tertiary alicyclic amines) is 1. The van der Waals surface area contributed by atoms with E-state index in [0.29, 0.717) is 6.61 Å². The van der Waals surface area contributed by atoms with Gasteiger partial charge in [-0.25, -0.2) is 0 Å². The first-order chi connectivity index (χ1) is 5.29. The van der Waals surface area contributed by atoms with Crippen LogP contribution < -0.4 is 0 Å². The van der Waals surface area contributed by atoms with Gasteiger partial charge >= 0.3 is 11.4 Å². The molecule has 4 nitrogen and oxygen atoms in total. The van der Waals surface area contributed by atoms with Crippen molar-refractivity contribution in [2.75, 3.05) is 26.2 Å². The molecule has 1 rings (SSSR count). The van der Waals surface area contributed by atoms with E-state index in [9.17, 15) is 4.21 Å². The second kappa shape index (κ2) is 4.82. The molecule has 0 amide bonds. The van der Waals surface area contributed by atoms with Crippen molar-refractivity contribution in [1.29, 1.82) is 0 Å². The number of nitrogens with zero attached hydrogens (tertiary/aromatic N) is 1. The third-order valence-electron chi connectivity index (χ3n) is 1.79. The summed E-state index contributed by atoms with van der Waals surface area (Å²) in [6, 6.07) is 0. The molecule has 1 aliphatic heterocycles. The lowest BCUT2D eigenvalue weighted by atomic mass is 10.4. The number of rotatable bonds is 4. The van der Waals surface area contributed by atoms with Crippen molar-refractivity contribution in [3.05, 3.63) is 0 Å². The topological polar surface area (TPSA) is 49.8 Å². The molecule has 0 radical (unpaired) electrons. The third-order valence-corrected chi connectivity index (χ3v) is 2.16. The van der Waals surface area contributed by atoms with Crippen molar-refractivity contribution >= 4 is 11.4 Å². The summed E-state index contributed by atoms with van der Waals surface area (Å²) >= 11 is -2.09. The molecule has 1 aliphatic rings.